The van der Waals surface area contributed by atoms with E-state index in [0.29, 0.717) is 12.8 Å². The van der Waals surface area contributed by atoms with Gasteiger partial charge in [-0.05, 0) is 35.1 Å². The van der Waals surface area contributed by atoms with E-state index in [2.05, 4.69) is 34.9 Å². The van der Waals surface area contributed by atoms with Crippen LogP contribution in [-0.4, -0.2) is 56.0 Å². The first kappa shape index (κ1) is 26.2. The van der Waals surface area contributed by atoms with Gasteiger partial charge >= 0.3 is 12.1 Å². The molecular formula is C27H34N2O6. The van der Waals surface area contributed by atoms with Crippen LogP contribution in [0.2, 0.25) is 0 Å². The molecule has 2 aromatic rings. The lowest BCUT2D eigenvalue weighted by atomic mass is 9.82. The molecule has 1 atom stereocenters. The number of amides is 2. The molecule has 1 aliphatic rings. The van der Waals surface area contributed by atoms with Gasteiger partial charge in [0.05, 0.1) is 17.9 Å². The van der Waals surface area contributed by atoms with E-state index in [9.17, 15) is 19.5 Å². The number of carboxylic acid groups (broad SMARTS) is 1. The van der Waals surface area contributed by atoms with Crippen molar-refractivity contribution in [2.24, 2.45) is 5.41 Å². The Labute approximate surface area is 206 Å². The first-order valence-electron chi connectivity index (χ1n) is 12.0. The quantitative estimate of drug-likeness (QED) is 0.422. The van der Waals surface area contributed by atoms with Crippen LogP contribution in [0.25, 0.3) is 11.1 Å². The van der Waals surface area contributed by atoms with Crippen LogP contribution in [0.1, 0.15) is 50.2 Å². The molecule has 0 aliphatic heterocycles. The monoisotopic (exact) mass is 482 g/mol. The number of hydrogen-bond acceptors (Lipinski definition) is 5. The summed E-state index contributed by atoms with van der Waals surface area (Å²) in [6.07, 6.45) is -0.343. The van der Waals surface area contributed by atoms with Crippen LogP contribution in [0, 0.1) is 5.41 Å². The molecule has 0 saturated heterocycles. The van der Waals surface area contributed by atoms with Gasteiger partial charge in [-0.3, -0.25) is 9.59 Å². The zero-order valence-electron chi connectivity index (χ0n) is 20.5. The Hall–Kier alpha value is -3.39. The van der Waals surface area contributed by atoms with E-state index in [4.69, 9.17) is 9.47 Å². The third-order valence-electron chi connectivity index (χ3n) is 7.00. The molecule has 2 amide bonds. The van der Waals surface area contributed by atoms with Gasteiger partial charge in [-0.15, -0.1) is 0 Å². The largest absolute Gasteiger partial charge is 0.481 e. The third-order valence-corrected chi connectivity index (χ3v) is 7.00. The van der Waals surface area contributed by atoms with Crippen LogP contribution in [0.4, 0.5) is 4.79 Å². The minimum absolute atomic E-state index is 0.0106. The minimum Gasteiger partial charge on any atom is -0.481 e. The predicted octanol–water partition coefficient (Wildman–Crippen LogP) is 3.94. The van der Waals surface area contributed by atoms with Gasteiger partial charge in [-0.25, -0.2) is 4.79 Å². The van der Waals surface area contributed by atoms with Gasteiger partial charge in [0.25, 0.3) is 0 Å². The normalized spacial score (nSPS) is 13.5. The average Bonchev–Trinajstić information content (AvgIpc) is 3.19. The second-order valence-electron chi connectivity index (χ2n) is 8.84. The van der Waals surface area contributed by atoms with E-state index in [-0.39, 0.29) is 37.9 Å². The molecule has 0 spiro atoms. The number of alkyl carbamates (subject to hydrolysis) is 1. The van der Waals surface area contributed by atoms with Crippen molar-refractivity contribution in [3.8, 4) is 11.1 Å². The van der Waals surface area contributed by atoms with E-state index < -0.39 is 23.6 Å². The van der Waals surface area contributed by atoms with Crippen molar-refractivity contribution in [2.75, 3.05) is 26.8 Å². The summed E-state index contributed by atoms with van der Waals surface area (Å²) in [6.45, 7) is 3.92. The summed E-state index contributed by atoms with van der Waals surface area (Å²) in [7, 11) is 1.46. The molecule has 8 nitrogen and oxygen atoms in total. The Morgan fingerprint density at radius 3 is 2.06 bits per heavy atom. The summed E-state index contributed by atoms with van der Waals surface area (Å²) in [5, 5.41) is 14.9. The molecule has 1 unspecified atom stereocenters. The number of carboxylic acids is 1. The molecule has 0 saturated carbocycles. The number of carbonyl (C=O) groups excluding carboxylic acids is 2. The van der Waals surface area contributed by atoms with E-state index >= 15 is 0 Å². The summed E-state index contributed by atoms with van der Waals surface area (Å²) >= 11 is 0. The lowest BCUT2D eigenvalue weighted by molar-refractivity contribution is -0.149. The Morgan fingerprint density at radius 2 is 1.54 bits per heavy atom. The van der Waals surface area contributed by atoms with Crippen molar-refractivity contribution in [3.05, 3.63) is 59.7 Å². The fourth-order valence-electron chi connectivity index (χ4n) is 4.51. The van der Waals surface area contributed by atoms with E-state index in [1.807, 2.05) is 24.3 Å². The molecule has 188 valence electrons. The standard InChI is InChI=1S/C27H34N2O6/c1-4-27(5-2,25(31)32)17-29-24(30)14-18(34-3)15-28-26(33)35-16-23-21-12-8-6-10-19(21)20-11-7-9-13-22(20)23/h6-13,18,23H,4-5,14-17H2,1-3H3,(H,28,33)(H,29,30)(H,31,32). The van der Waals surface area contributed by atoms with Crippen molar-refractivity contribution in [2.45, 2.75) is 45.1 Å². The summed E-state index contributed by atoms with van der Waals surface area (Å²) in [4.78, 5) is 36.4. The van der Waals surface area contributed by atoms with Gasteiger partial charge in [0.1, 0.15) is 6.61 Å². The van der Waals surface area contributed by atoms with Gasteiger partial charge < -0.3 is 25.2 Å². The van der Waals surface area contributed by atoms with Crippen LogP contribution in [-0.2, 0) is 19.1 Å². The maximum Gasteiger partial charge on any atom is 0.407 e. The van der Waals surface area contributed by atoms with Crippen molar-refractivity contribution < 1.29 is 29.0 Å². The first-order chi connectivity index (χ1) is 16.8. The summed E-state index contributed by atoms with van der Waals surface area (Å²) < 4.78 is 10.8. The minimum atomic E-state index is -0.988. The maximum absolute atomic E-state index is 12.4. The zero-order valence-corrected chi connectivity index (χ0v) is 20.5. The Balaban J connectivity index is 1.48. The van der Waals surface area contributed by atoms with Crippen LogP contribution in [0.5, 0.6) is 0 Å². The highest BCUT2D eigenvalue weighted by Gasteiger charge is 2.35. The van der Waals surface area contributed by atoms with Crippen LogP contribution in [0.15, 0.2) is 48.5 Å². The average molecular weight is 483 g/mol. The highest BCUT2D eigenvalue weighted by molar-refractivity contribution is 5.80. The molecule has 3 N–H and O–H groups in total. The molecule has 0 fully saturated rings. The number of hydrogen-bond donors (Lipinski definition) is 3. The second kappa shape index (κ2) is 11.8. The number of ether oxygens (including phenoxy) is 2. The highest BCUT2D eigenvalue weighted by Crippen LogP contribution is 2.44. The van der Waals surface area contributed by atoms with E-state index in [1.54, 1.807) is 13.8 Å². The molecule has 0 radical (unpaired) electrons. The van der Waals surface area contributed by atoms with Gasteiger partial charge in [0.2, 0.25) is 5.91 Å². The Morgan fingerprint density at radius 1 is 0.971 bits per heavy atom. The molecule has 1 aliphatic carbocycles. The van der Waals surface area contributed by atoms with Crippen LogP contribution in [0.3, 0.4) is 0 Å². The van der Waals surface area contributed by atoms with Crippen molar-refractivity contribution in [1.82, 2.24) is 10.6 Å². The van der Waals surface area contributed by atoms with Crippen molar-refractivity contribution in [3.63, 3.8) is 0 Å². The van der Waals surface area contributed by atoms with Gasteiger partial charge in [-0.2, -0.15) is 0 Å². The van der Waals surface area contributed by atoms with Gasteiger partial charge in [0, 0.05) is 26.1 Å². The van der Waals surface area contributed by atoms with E-state index in [0.717, 1.165) is 22.3 Å². The fraction of sp³-hybridized carbons (Fsp3) is 0.444. The maximum atomic E-state index is 12.4. The Bertz CT molecular complexity index is 1000. The smallest absolute Gasteiger partial charge is 0.407 e. The SMILES string of the molecule is CCC(CC)(CNC(=O)CC(CNC(=O)OCC1c2ccccc2-c2ccccc21)OC)C(=O)O. The number of fused-ring (bicyclic) bond motifs is 3. The number of aliphatic carboxylic acids is 1. The van der Waals surface area contributed by atoms with Gasteiger partial charge in [0.15, 0.2) is 0 Å². The van der Waals surface area contributed by atoms with Crippen molar-refractivity contribution in [1.29, 1.82) is 0 Å². The molecular weight excluding hydrogens is 448 g/mol. The lowest BCUT2D eigenvalue weighted by Crippen LogP contribution is -2.44. The van der Waals surface area contributed by atoms with Gasteiger partial charge in [-0.1, -0.05) is 62.4 Å². The zero-order chi connectivity index (χ0) is 25.4. The number of rotatable bonds is 12. The number of carbonyl (C=O) groups is 3. The highest BCUT2D eigenvalue weighted by atomic mass is 16.5. The van der Waals surface area contributed by atoms with Crippen LogP contribution >= 0.6 is 0 Å². The van der Waals surface area contributed by atoms with E-state index in [1.165, 1.54) is 7.11 Å². The predicted molar refractivity (Wildman–Crippen MR) is 132 cm³/mol. The lowest BCUT2D eigenvalue weighted by Gasteiger charge is -2.27. The molecule has 0 heterocycles. The summed E-state index contributed by atoms with van der Waals surface area (Å²) in [5.74, 6) is -1.30. The van der Waals surface area contributed by atoms with Crippen LogP contribution < -0.4 is 10.6 Å². The number of methoxy groups -OCH3 is 1. The Kier molecular flexibility index (Phi) is 8.87. The molecule has 0 aromatic heterocycles. The van der Waals surface area contributed by atoms with Crippen molar-refractivity contribution >= 4 is 18.0 Å². The molecule has 2 aromatic carbocycles. The topological polar surface area (TPSA) is 114 Å². The summed E-state index contributed by atoms with van der Waals surface area (Å²) in [5.41, 5.74) is 3.58. The second-order valence-corrected chi connectivity index (χ2v) is 8.84. The number of benzene rings is 2. The number of nitrogens with one attached hydrogen (secondary N) is 2. The third kappa shape index (κ3) is 6.00. The fourth-order valence-corrected chi connectivity index (χ4v) is 4.51. The molecule has 0 bridgehead atoms. The molecule has 35 heavy (non-hydrogen) atoms. The first-order valence-corrected chi connectivity index (χ1v) is 12.0. The summed E-state index contributed by atoms with van der Waals surface area (Å²) in [6, 6.07) is 16.2. The molecule has 8 heteroatoms. The molecule has 3 rings (SSSR count).